The zero-order chi connectivity index (χ0) is 13.9. The van der Waals surface area contributed by atoms with E-state index in [2.05, 4.69) is 34.9 Å². The molecule has 0 aliphatic heterocycles. The zero-order valence-corrected chi connectivity index (χ0v) is 11.9. The summed E-state index contributed by atoms with van der Waals surface area (Å²) in [5, 5.41) is 7.55. The van der Waals surface area contributed by atoms with Crippen LogP contribution in [0.2, 0.25) is 0 Å². The molecule has 4 nitrogen and oxygen atoms in total. The van der Waals surface area contributed by atoms with Gasteiger partial charge in [0.1, 0.15) is 6.54 Å². The Kier molecular flexibility index (Phi) is 3.74. The summed E-state index contributed by atoms with van der Waals surface area (Å²) in [6, 6.07) is 9.26. The molecule has 0 radical (unpaired) electrons. The van der Waals surface area contributed by atoms with Crippen molar-refractivity contribution >= 4 is 16.8 Å². The van der Waals surface area contributed by atoms with Crippen molar-refractivity contribution in [2.24, 2.45) is 0 Å². The number of hydrogen-bond donors (Lipinski definition) is 2. The van der Waals surface area contributed by atoms with E-state index in [9.17, 15) is 4.79 Å². The van der Waals surface area contributed by atoms with Gasteiger partial charge in [0.15, 0.2) is 0 Å². The molecule has 1 aliphatic carbocycles. The SMILES string of the molecule is CCNC(=O)Cn1ccc2ccc(CNC3CC3)cc21. The van der Waals surface area contributed by atoms with Gasteiger partial charge < -0.3 is 15.2 Å². The predicted molar refractivity (Wildman–Crippen MR) is 80.5 cm³/mol. The van der Waals surface area contributed by atoms with Gasteiger partial charge in [-0.25, -0.2) is 0 Å². The number of carbonyl (C=O) groups excluding carboxylic acids is 1. The Labute approximate surface area is 119 Å². The smallest absolute Gasteiger partial charge is 0.239 e. The number of nitrogens with zero attached hydrogens (tertiary/aromatic N) is 1. The van der Waals surface area contributed by atoms with Crippen molar-refractivity contribution in [2.45, 2.75) is 38.9 Å². The molecule has 4 heteroatoms. The highest BCUT2D eigenvalue weighted by Gasteiger charge is 2.19. The fraction of sp³-hybridized carbons (Fsp3) is 0.438. The van der Waals surface area contributed by atoms with Crippen LogP contribution in [-0.2, 0) is 17.9 Å². The van der Waals surface area contributed by atoms with Gasteiger partial charge in [-0.15, -0.1) is 0 Å². The highest BCUT2D eigenvalue weighted by molar-refractivity contribution is 5.83. The number of amides is 1. The minimum Gasteiger partial charge on any atom is -0.355 e. The van der Waals surface area contributed by atoms with Crippen molar-refractivity contribution in [3.63, 3.8) is 0 Å². The Morgan fingerprint density at radius 1 is 1.35 bits per heavy atom. The molecular weight excluding hydrogens is 250 g/mol. The van der Waals surface area contributed by atoms with E-state index in [-0.39, 0.29) is 5.91 Å². The molecular formula is C16H21N3O. The number of rotatable bonds is 6. The Morgan fingerprint density at radius 2 is 2.20 bits per heavy atom. The van der Waals surface area contributed by atoms with Crippen molar-refractivity contribution in [1.82, 2.24) is 15.2 Å². The highest BCUT2D eigenvalue weighted by atomic mass is 16.1. The van der Waals surface area contributed by atoms with Gasteiger partial charge in [0.05, 0.1) is 0 Å². The molecule has 0 atom stereocenters. The van der Waals surface area contributed by atoms with Crippen molar-refractivity contribution in [3.05, 3.63) is 36.0 Å². The molecule has 106 valence electrons. The number of benzene rings is 1. The van der Waals surface area contributed by atoms with Gasteiger partial charge in [-0.2, -0.15) is 0 Å². The van der Waals surface area contributed by atoms with Gasteiger partial charge in [-0.05, 0) is 42.8 Å². The monoisotopic (exact) mass is 271 g/mol. The molecule has 1 saturated carbocycles. The summed E-state index contributed by atoms with van der Waals surface area (Å²) in [6.07, 6.45) is 4.59. The third-order valence-electron chi connectivity index (χ3n) is 3.70. The van der Waals surface area contributed by atoms with Gasteiger partial charge in [-0.1, -0.05) is 12.1 Å². The lowest BCUT2D eigenvalue weighted by Crippen LogP contribution is -2.26. The van der Waals surface area contributed by atoms with Crippen LogP contribution in [0, 0.1) is 0 Å². The molecule has 0 bridgehead atoms. The molecule has 2 aromatic rings. The molecule has 1 heterocycles. The first-order valence-corrected chi connectivity index (χ1v) is 7.34. The fourth-order valence-corrected chi connectivity index (χ4v) is 2.43. The van der Waals surface area contributed by atoms with E-state index in [0.29, 0.717) is 19.1 Å². The van der Waals surface area contributed by atoms with Crippen LogP contribution in [0.3, 0.4) is 0 Å². The Balaban J connectivity index is 1.77. The van der Waals surface area contributed by atoms with Crippen LogP contribution < -0.4 is 10.6 Å². The van der Waals surface area contributed by atoms with E-state index in [4.69, 9.17) is 0 Å². The topological polar surface area (TPSA) is 46.1 Å². The lowest BCUT2D eigenvalue weighted by Gasteiger charge is -2.08. The number of aromatic nitrogens is 1. The molecule has 1 aromatic heterocycles. The molecule has 0 spiro atoms. The molecule has 3 rings (SSSR count). The largest absolute Gasteiger partial charge is 0.355 e. The summed E-state index contributed by atoms with van der Waals surface area (Å²) in [4.78, 5) is 11.7. The van der Waals surface area contributed by atoms with Gasteiger partial charge >= 0.3 is 0 Å². The molecule has 1 amide bonds. The molecule has 0 unspecified atom stereocenters. The normalized spacial score (nSPS) is 14.7. The van der Waals surface area contributed by atoms with Crippen LogP contribution in [0.15, 0.2) is 30.5 Å². The second-order valence-electron chi connectivity index (χ2n) is 5.45. The first-order valence-electron chi connectivity index (χ1n) is 7.34. The summed E-state index contributed by atoms with van der Waals surface area (Å²) in [6.45, 7) is 3.91. The molecule has 20 heavy (non-hydrogen) atoms. The Morgan fingerprint density at radius 3 is 2.95 bits per heavy atom. The van der Waals surface area contributed by atoms with Crippen molar-refractivity contribution < 1.29 is 4.79 Å². The first kappa shape index (κ1) is 13.2. The lowest BCUT2D eigenvalue weighted by molar-refractivity contribution is -0.121. The van der Waals surface area contributed by atoms with E-state index in [1.807, 2.05) is 17.7 Å². The summed E-state index contributed by atoms with van der Waals surface area (Å²) in [7, 11) is 0. The van der Waals surface area contributed by atoms with Crippen molar-refractivity contribution in [2.75, 3.05) is 6.54 Å². The summed E-state index contributed by atoms with van der Waals surface area (Å²) < 4.78 is 2.01. The van der Waals surface area contributed by atoms with Gasteiger partial charge in [-0.3, -0.25) is 4.79 Å². The second kappa shape index (κ2) is 5.67. The Bertz CT molecular complexity index is 613. The fourth-order valence-electron chi connectivity index (χ4n) is 2.43. The number of fused-ring (bicyclic) bond motifs is 1. The summed E-state index contributed by atoms with van der Waals surface area (Å²) in [5.74, 6) is 0.0616. The van der Waals surface area contributed by atoms with Crippen LogP contribution >= 0.6 is 0 Å². The van der Waals surface area contributed by atoms with E-state index in [1.165, 1.54) is 23.8 Å². The number of carbonyl (C=O) groups is 1. The molecule has 2 N–H and O–H groups in total. The van der Waals surface area contributed by atoms with Crippen LogP contribution in [0.1, 0.15) is 25.3 Å². The number of nitrogens with one attached hydrogen (secondary N) is 2. The molecule has 0 saturated heterocycles. The molecule has 1 aliphatic rings. The van der Waals surface area contributed by atoms with Crippen LogP contribution in [0.4, 0.5) is 0 Å². The van der Waals surface area contributed by atoms with E-state index < -0.39 is 0 Å². The maximum Gasteiger partial charge on any atom is 0.239 e. The van der Waals surface area contributed by atoms with E-state index in [0.717, 1.165) is 12.1 Å². The predicted octanol–water partition coefficient (Wildman–Crippen LogP) is 2.03. The third-order valence-corrected chi connectivity index (χ3v) is 3.70. The van der Waals surface area contributed by atoms with Crippen molar-refractivity contribution in [3.8, 4) is 0 Å². The highest BCUT2D eigenvalue weighted by Crippen LogP contribution is 2.21. The average molecular weight is 271 g/mol. The second-order valence-corrected chi connectivity index (χ2v) is 5.45. The van der Waals surface area contributed by atoms with Crippen LogP contribution in [-0.4, -0.2) is 23.1 Å². The lowest BCUT2D eigenvalue weighted by atomic mass is 10.1. The van der Waals surface area contributed by atoms with Crippen LogP contribution in [0.25, 0.3) is 10.9 Å². The van der Waals surface area contributed by atoms with E-state index >= 15 is 0 Å². The molecule has 1 aromatic carbocycles. The van der Waals surface area contributed by atoms with Crippen LogP contribution in [0.5, 0.6) is 0 Å². The summed E-state index contributed by atoms with van der Waals surface area (Å²) in [5.41, 5.74) is 2.41. The minimum atomic E-state index is 0.0616. The number of hydrogen-bond acceptors (Lipinski definition) is 2. The standard InChI is InChI=1S/C16H21N3O/c1-2-17-16(20)11-19-8-7-13-4-3-12(9-15(13)19)10-18-14-5-6-14/h3-4,7-9,14,18H,2,5-6,10-11H2,1H3,(H,17,20). The van der Waals surface area contributed by atoms with Crippen molar-refractivity contribution in [1.29, 1.82) is 0 Å². The minimum absolute atomic E-state index is 0.0616. The maximum atomic E-state index is 11.7. The molecule has 1 fully saturated rings. The van der Waals surface area contributed by atoms with E-state index in [1.54, 1.807) is 0 Å². The Hall–Kier alpha value is -1.81. The van der Waals surface area contributed by atoms with Gasteiger partial charge in [0.25, 0.3) is 0 Å². The first-order chi connectivity index (χ1) is 9.76. The van der Waals surface area contributed by atoms with Gasteiger partial charge in [0, 0.05) is 30.8 Å². The zero-order valence-electron chi connectivity index (χ0n) is 11.9. The quantitative estimate of drug-likeness (QED) is 0.844. The van der Waals surface area contributed by atoms with Gasteiger partial charge in [0.2, 0.25) is 5.91 Å². The average Bonchev–Trinajstić information content (AvgIpc) is 3.19. The maximum absolute atomic E-state index is 11.7. The number of likely N-dealkylation sites (N-methyl/N-ethyl adjacent to an activating group) is 1. The summed E-state index contributed by atoms with van der Waals surface area (Å²) >= 11 is 0. The third kappa shape index (κ3) is 3.02.